The summed E-state index contributed by atoms with van der Waals surface area (Å²) in [5.74, 6) is 1.08. The fraction of sp³-hybridized carbons (Fsp3) is 0.400. The fourth-order valence-corrected chi connectivity index (χ4v) is 1.95. The Bertz CT molecular complexity index is 276. The van der Waals surface area contributed by atoms with E-state index in [-0.39, 0.29) is 5.75 Å². The van der Waals surface area contributed by atoms with Crippen LogP contribution in [0.25, 0.3) is 0 Å². The molecular weight excluding hydrogens is 200 g/mol. The number of phenolic OH excluding ortho intramolecular Hbond substituents is 1. The molecule has 0 amide bonds. The van der Waals surface area contributed by atoms with Crippen LogP contribution >= 0.6 is 11.8 Å². The minimum Gasteiger partial charge on any atom is -0.508 e. The quantitative estimate of drug-likeness (QED) is 0.395. The highest BCUT2D eigenvalue weighted by molar-refractivity contribution is 7.99. The van der Waals surface area contributed by atoms with Crippen molar-refractivity contribution in [2.45, 2.75) is 24.0 Å². The van der Waals surface area contributed by atoms with E-state index in [1.54, 1.807) is 30.0 Å². The van der Waals surface area contributed by atoms with Gasteiger partial charge in [-0.2, -0.15) is 0 Å². The summed E-state index contributed by atoms with van der Waals surface area (Å²) in [5, 5.41) is 26.4. The Morgan fingerprint density at radius 1 is 1.29 bits per heavy atom. The monoisotopic (exact) mass is 214 g/mol. The molecule has 1 aromatic carbocycles. The summed E-state index contributed by atoms with van der Waals surface area (Å²) in [6, 6.07) is 7.03. The summed E-state index contributed by atoms with van der Waals surface area (Å²) >= 11 is 1.59. The van der Waals surface area contributed by atoms with Gasteiger partial charge in [0.15, 0.2) is 6.29 Å². The first-order chi connectivity index (χ1) is 6.68. The third-order valence-corrected chi connectivity index (χ3v) is 2.77. The van der Waals surface area contributed by atoms with Crippen LogP contribution in [0.5, 0.6) is 5.75 Å². The minimum absolute atomic E-state index is 0.261. The molecule has 3 nitrogen and oxygen atoms in total. The van der Waals surface area contributed by atoms with Crippen LogP contribution in [0.1, 0.15) is 12.8 Å². The van der Waals surface area contributed by atoms with Crippen molar-refractivity contribution in [3.63, 3.8) is 0 Å². The Hall–Kier alpha value is -0.710. The van der Waals surface area contributed by atoms with Crippen LogP contribution in [0.15, 0.2) is 29.2 Å². The van der Waals surface area contributed by atoms with E-state index in [1.807, 2.05) is 6.07 Å². The van der Waals surface area contributed by atoms with Gasteiger partial charge in [0.05, 0.1) is 0 Å². The highest BCUT2D eigenvalue weighted by Crippen LogP contribution is 2.22. The molecule has 0 fully saturated rings. The largest absolute Gasteiger partial charge is 0.508 e. The number of aliphatic hydroxyl groups excluding tert-OH is 1. The number of thioether (sulfide) groups is 1. The predicted molar refractivity (Wildman–Crippen MR) is 56.3 cm³/mol. The van der Waals surface area contributed by atoms with Gasteiger partial charge >= 0.3 is 0 Å². The van der Waals surface area contributed by atoms with Gasteiger partial charge in [-0.1, -0.05) is 6.07 Å². The summed E-state index contributed by atoms with van der Waals surface area (Å²) in [4.78, 5) is 0.998. The van der Waals surface area contributed by atoms with Crippen molar-refractivity contribution in [3.8, 4) is 5.75 Å². The fourth-order valence-electron chi connectivity index (χ4n) is 1.03. The van der Waals surface area contributed by atoms with E-state index < -0.39 is 6.29 Å². The van der Waals surface area contributed by atoms with E-state index in [0.717, 1.165) is 17.1 Å². The molecule has 0 aliphatic rings. The zero-order valence-corrected chi connectivity index (χ0v) is 8.57. The highest BCUT2D eigenvalue weighted by atomic mass is 32.2. The molecule has 0 unspecified atom stereocenters. The first-order valence-corrected chi connectivity index (χ1v) is 5.45. The maximum absolute atomic E-state index is 9.16. The average molecular weight is 214 g/mol. The summed E-state index contributed by atoms with van der Waals surface area (Å²) in [6.45, 7) is 0. The molecule has 0 spiro atoms. The van der Waals surface area contributed by atoms with Crippen molar-refractivity contribution < 1.29 is 15.3 Å². The van der Waals surface area contributed by atoms with Crippen LogP contribution in [-0.2, 0) is 0 Å². The van der Waals surface area contributed by atoms with E-state index in [4.69, 9.17) is 15.3 Å². The van der Waals surface area contributed by atoms with E-state index in [1.165, 1.54) is 0 Å². The zero-order chi connectivity index (χ0) is 10.4. The second-order valence-corrected chi connectivity index (χ2v) is 4.14. The van der Waals surface area contributed by atoms with E-state index >= 15 is 0 Å². The average Bonchev–Trinajstić information content (AvgIpc) is 2.12. The van der Waals surface area contributed by atoms with Gasteiger partial charge in [0.2, 0.25) is 0 Å². The van der Waals surface area contributed by atoms with Crippen LogP contribution in [0.2, 0.25) is 0 Å². The molecule has 1 aromatic rings. The molecule has 14 heavy (non-hydrogen) atoms. The molecule has 4 heteroatoms. The summed E-state index contributed by atoms with van der Waals surface area (Å²) in [5.41, 5.74) is 0. The maximum atomic E-state index is 9.16. The standard InChI is InChI=1S/C10H14O3S/c11-8-3-1-4-9(7-8)14-6-2-5-10(12)13/h1,3-4,7,10-13H,2,5-6H2. The van der Waals surface area contributed by atoms with Crippen LogP contribution < -0.4 is 0 Å². The third kappa shape index (κ3) is 4.50. The van der Waals surface area contributed by atoms with E-state index in [0.29, 0.717) is 6.42 Å². The van der Waals surface area contributed by atoms with Crippen molar-refractivity contribution in [1.82, 2.24) is 0 Å². The molecule has 1 rings (SSSR count). The molecule has 0 atom stereocenters. The van der Waals surface area contributed by atoms with Crippen LogP contribution in [0.4, 0.5) is 0 Å². The number of hydrogen-bond donors (Lipinski definition) is 3. The van der Waals surface area contributed by atoms with E-state index in [9.17, 15) is 0 Å². The number of aliphatic hydroxyl groups is 2. The lowest BCUT2D eigenvalue weighted by atomic mass is 10.3. The maximum Gasteiger partial charge on any atom is 0.151 e. The minimum atomic E-state index is -1.21. The topological polar surface area (TPSA) is 60.7 Å². The van der Waals surface area contributed by atoms with Gasteiger partial charge < -0.3 is 15.3 Å². The molecule has 0 aliphatic heterocycles. The zero-order valence-electron chi connectivity index (χ0n) is 7.76. The van der Waals surface area contributed by atoms with Crippen molar-refractivity contribution >= 4 is 11.8 Å². The molecule has 0 saturated heterocycles. The molecule has 0 bridgehead atoms. The lowest BCUT2D eigenvalue weighted by molar-refractivity contribution is -0.0451. The Morgan fingerprint density at radius 3 is 2.71 bits per heavy atom. The number of aromatic hydroxyl groups is 1. The molecule has 0 aromatic heterocycles. The summed E-state index contributed by atoms with van der Waals surface area (Å²) in [6.07, 6.45) is -0.0659. The van der Waals surface area contributed by atoms with Crippen LogP contribution in [0, 0.1) is 0 Å². The molecule has 0 aliphatic carbocycles. The van der Waals surface area contributed by atoms with Crippen molar-refractivity contribution in [2.24, 2.45) is 0 Å². The van der Waals surface area contributed by atoms with Crippen molar-refractivity contribution in [2.75, 3.05) is 5.75 Å². The lowest BCUT2D eigenvalue weighted by Gasteiger charge is -2.03. The van der Waals surface area contributed by atoms with Gasteiger partial charge in [-0.05, 0) is 36.8 Å². The van der Waals surface area contributed by atoms with Gasteiger partial charge in [-0.25, -0.2) is 0 Å². The van der Waals surface area contributed by atoms with Gasteiger partial charge in [0.1, 0.15) is 5.75 Å². The smallest absolute Gasteiger partial charge is 0.151 e. The molecule has 0 saturated carbocycles. The van der Waals surface area contributed by atoms with Gasteiger partial charge in [0.25, 0.3) is 0 Å². The molecule has 78 valence electrons. The Labute approximate surface area is 87.4 Å². The number of rotatable bonds is 5. The Morgan fingerprint density at radius 2 is 2.07 bits per heavy atom. The summed E-state index contributed by atoms with van der Waals surface area (Å²) in [7, 11) is 0. The first-order valence-electron chi connectivity index (χ1n) is 4.46. The second-order valence-electron chi connectivity index (χ2n) is 2.97. The SMILES string of the molecule is Oc1cccc(SCCCC(O)O)c1. The van der Waals surface area contributed by atoms with E-state index in [2.05, 4.69) is 0 Å². The number of phenols is 1. The Kier molecular flexibility index (Phi) is 4.79. The van der Waals surface area contributed by atoms with Crippen LogP contribution in [0.3, 0.4) is 0 Å². The number of benzene rings is 1. The van der Waals surface area contributed by atoms with Gasteiger partial charge in [-0.3, -0.25) is 0 Å². The lowest BCUT2D eigenvalue weighted by Crippen LogP contribution is -2.03. The summed E-state index contributed by atoms with van der Waals surface area (Å²) < 4.78 is 0. The first kappa shape index (κ1) is 11.4. The molecule has 3 N–H and O–H groups in total. The van der Waals surface area contributed by atoms with Crippen molar-refractivity contribution in [1.29, 1.82) is 0 Å². The molecule has 0 radical (unpaired) electrons. The van der Waals surface area contributed by atoms with Crippen molar-refractivity contribution in [3.05, 3.63) is 24.3 Å². The van der Waals surface area contributed by atoms with Crippen LogP contribution in [-0.4, -0.2) is 27.4 Å². The van der Waals surface area contributed by atoms with Gasteiger partial charge in [0, 0.05) is 4.90 Å². The molecule has 0 heterocycles. The normalized spacial score (nSPS) is 10.8. The predicted octanol–water partition coefficient (Wildman–Crippen LogP) is 1.58. The second kappa shape index (κ2) is 5.90. The Balaban J connectivity index is 2.25. The molecular formula is C10H14O3S. The third-order valence-electron chi connectivity index (χ3n) is 1.69. The number of hydrogen-bond acceptors (Lipinski definition) is 4. The van der Waals surface area contributed by atoms with Gasteiger partial charge in [-0.15, -0.1) is 11.8 Å². The highest BCUT2D eigenvalue weighted by Gasteiger charge is 1.98.